The van der Waals surface area contributed by atoms with Crippen molar-refractivity contribution in [1.82, 2.24) is 0 Å². The van der Waals surface area contributed by atoms with E-state index >= 15 is 0 Å². The van der Waals surface area contributed by atoms with Gasteiger partial charge < -0.3 is 19.9 Å². The average Bonchev–Trinajstić information content (AvgIpc) is 2.37. The maximum absolute atomic E-state index is 12.6. The lowest BCUT2D eigenvalue weighted by atomic mass is 9.77. The molecule has 102 valence electrons. The van der Waals surface area contributed by atoms with Crippen molar-refractivity contribution in [2.45, 2.75) is 6.92 Å². The average molecular weight is 263 g/mol. The third kappa shape index (κ3) is 1.89. The van der Waals surface area contributed by atoms with Crippen molar-refractivity contribution in [2.24, 2.45) is 11.1 Å². The quantitative estimate of drug-likeness (QED) is 0.821. The van der Waals surface area contributed by atoms with E-state index in [0.717, 1.165) is 5.56 Å². The van der Waals surface area contributed by atoms with Crippen LogP contribution in [0.5, 0.6) is 11.5 Å². The van der Waals surface area contributed by atoms with Crippen LogP contribution in [0.1, 0.15) is 15.9 Å². The van der Waals surface area contributed by atoms with Crippen molar-refractivity contribution < 1.29 is 19.0 Å². The van der Waals surface area contributed by atoms with E-state index in [2.05, 4.69) is 0 Å². The topological polar surface area (TPSA) is 70.8 Å². The van der Waals surface area contributed by atoms with Crippen molar-refractivity contribution in [1.29, 1.82) is 0 Å². The second kappa shape index (κ2) is 4.51. The minimum Gasteiger partial charge on any atom is -0.486 e. The van der Waals surface area contributed by atoms with Gasteiger partial charge in [-0.2, -0.15) is 0 Å². The molecule has 5 heteroatoms. The number of hydrogen-bond donors (Lipinski definition) is 1. The van der Waals surface area contributed by atoms with Crippen LogP contribution in [-0.4, -0.2) is 38.8 Å². The first-order valence-corrected chi connectivity index (χ1v) is 6.39. The molecule has 1 aromatic rings. The molecular formula is C14H17NO4. The molecule has 0 saturated carbocycles. The first kappa shape index (κ1) is 12.4. The molecule has 1 aromatic carbocycles. The molecule has 2 heterocycles. The highest BCUT2D eigenvalue weighted by molar-refractivity contribution is 6.03. The summed E-state index contributed by atoms with van der Waals surface area (Å²) < 4.78 is 16.2. The van der Waals surface area contributed by atoms with E-state index in [-0.39, 0.29) is 5.78 Å². The van der Waals surface area contributed by atoms with Crippen molar-refractivity contribution >= 4 is 5.78 Å². The van der Waals surface area contributed by atoms with E-state index in [4.69, 9.17) is 19.9 Å². The summed E-state index contributed by atoms with van der Waals surface area (Å²) in [5.41, 5.74) is 6.71. The predicted octanol–water partition coefficient (Wildman–Crippen LogP) is 0.924. The molecule has 2 aliphatic heterocycles. The molecule has 0 spiro atoms. The fourth-order valence-corrected chi connectivity index (χ4v) is 2.41. The number of benzene rings is 1. The van der Waals surface area contributed by atoms with Crippen LogP contribution >= 0.6 is 0 Å². The molecule has 0 amide bonds. The zero-order chi connectivity index (χ0) is 13.5. The van der Waals surface area contributed by atoms with E-state index in [1.54, 1.807) is 6.07 Å². The Labute approximate surface area is 111 Å². The number of hydrogen-bond acceptors (Lipinski definition) is 5. The maximum atomic E-state index is 12.6. The minimum atomic E-state index is -0.561. The van der Waals surface area contributed by atoms with Crippen LogP contribution in [0.3, 0.4) is 0 Å². The summed E-state index contributed by atoms with van der Waals surface area (Å²) in [5, 5.41) is 0. The number of carbonyl (C=O) groups excluding carboxylic acids is 1. The highest BCUT2D eigenvalue weighted by atomic mass is 16.6. The summed E-state index contributed by atoms with van der Waals surface area (Å²) in [5.74, 6) is 1.37. The van der Waals surface area contributed by atoms with Crippen LogP contribution in [0.15, 0.2) is 12.1 Å². The molecular weight excluding hydrogens is 246 g/mol. The fourth-order valence-electron chi connectivity index (χ4n) is 2.41. The van der Waals surface area contributed by atoms with Gasteiger partial charge in [-0.15, -0.1) is 0 Å². The van der Waals surface area contributed by atoms with E-state index in [1.807, 2.05) is 13.0 Å². The van der Waals surface area contributed by atoms with Gasteiger partial charge in [0.05, 0.1) is 18.6 Å². The molecule has 1 saturated heterocycles. The maximum Gasteiger partial charge on any atom is 0.175 e. The van der Waals surface area contributed by atoms with Crippen LogP contribution in [-0.2, 0) is 4.74 Å². The Morgan fingerprint density at radius 1 is 1.26 bits per heavy atom. The van der Waals surface area contributed by atoms with Gasteiger partial charge in [0.1, 0.15) is 13.2 Å². The number of rotatable bonds is 3. The van der Waals surface area contributed by atoms with Crippen LogP contribution < -0.4 is 15.2 Å². The van der Waals surface area contributed by atoms with Gasteiger partial charge in [-0.05, 0) is 24.6 Å². The molecule has 0 radical (unpaired) electrons. The molecule has 0 bridgehead atoms. The van der Waals surface area contributed by atoms with E-state index in [1.165, 1.54) is 0 Å². The number of fused-ring (bicyclic) bond motifs is 1. The number of ketones is 1. The lowest BCUT2D eigenvalue weighted by Crippen LogP contribution is -2.54. The van der Waals surface area contributed by atoms with Gasteiger partial charge in [-0.3, -0.25) is 4.79 Å². The highest BCUT2D eigenvalue weighted by Crippen LogP contribution is 2.37. The Bertz CT molecular complexity index is 517. The second-order valence-corrected chi connectivity index (χ2v) is 5.12. The minimum absolute atomic E-state index is 0.0377. The standard InChI is InChI=1S/C14H17NO4/c1-9-4-11-12(19-3-2-18-11)5-10(9)13(16)14(6-15)7-17-8-14/h4-5H,2-3,6-8,15H2,1H3. The van der Waals surface area contributed by atoms with Crippen molar-refractivity contribution in [3.05, 3.63) is 23.3 Å². The van der Waals surface area contributed by atoms with Crippen molar-refractivity contribution in [3.8, 4) is 11.5 Å². The Morgan fingerprint density at radius 3 is 2.42 bits per heavy atom. The summed E-state index contributed by atoms with van der Waals surface area (Å²) in [6.07, 6.45) is 0. The predicted molar refractivity (Wildman–Crippen MR) is 68.8 cm³/mol. The summed E-state index contributed by atoms with van der Waals surface area (Å²) in [4.78, 5) is 12.6. The summed E-state index contributed by atoms with van der Waals surface area (Å²) in [7, 11) is 0. The van der Waals surface area contributed by atoms with Crippen LogP contribution in [0.4, 0.5) is 0 Å². The molecule has 3 rings (SSSR count). The molecule has 0 aliphatic carbocycles. The van der Waals surface area contributed by atoms with E-state index in [9.17, 15) is 4.79 Å². The Morgan fingerprint density at radius 2 is 1.89 bits per heavy atom. The smallest absolute Gasteiger partial charge is 0.175 e. The first-order chi connectivity index (χ1) is 9.16. The Hall–Kier alpha value is -1.59. The second-order valence-electron chi connectivity index (χ2n) is 5.12. The summed E-state index contributed by atoms with van der Waals surface area (Å²) >= 11 is 0. The molecule has 0 atom stereocenters. The highest BCUT2D eigenvalue weighted by Gasteiger charge is 2.45. The lowest BCUT2D eigenvalue weighted by molar-refractivity contribution is -0.0816. The summed E-state index contributed by atoms with van der Waals surface area (Å²) in [6.45, 7) is 4.05. The molecule has 1 fully saturated rings. The van der Waals surface area contributed by atoms with Gasteiger partial charge in [0.15, 0.2) is 17.3 Å². The van der Waals surface area contributed by atoms with Crippen LogP contribution in [0.2, 0.25) is 0 Å². The molecule has 5 nitrogen and oxygen atoms in total. The molecule has 0 aromatic heterocycles. The molecule has 2 aliphatic rings. The van der Waals surface area contributed by atoms with Crippen molar-refractivity contribution in [3.63, 3.8) is 0 Å². The molecule has 2 N–H and O–H groups in total. The Balaban J connectivity index is 1.98. The van der Waals surface area contributed by atoms with E-state index in [0.29, 0.717) is 50.0 Å². The number of aryl methyl sites for hydroxylation is 1. The van der Waals surface area contributed by atoms with Crippen LogP contribution in [0, 0.1) is 12.3 Å². The van der Waals surface area contributed by atoms with Gasteiger partial charge in [0.2, 0.25) is 0 Å². The number of carbonyl (C=O) groups is 1. The molecule has 19 heavy (non-hydrogen) atoms. The third-order valence-electron chi connectivity index (χ3n) is 3.76. The van der Waals surface area contributed by atoms with Gasteiger partial charge >= 0.3 is 0 Å². The van der Waals surface area contributed by atoms with Crippen LogP contribution in [0.25, 0.3) is 0 Å². The van der Waals surface area contributed by atoms with Gasteiger partial charge in [0, 0.05) is 12.1 Å². The normalized spacial score (nSPS) is 19.7. The SMILES string of the molecule is Cc1cc2c(cc1C(=O)C1(CN)COC1)OCCO2. The largest absolute Gasteiger partial charge is 0.486 e. The zero-order valence-corrected chi connectivity index (χ0v) is 10.9. The van der Waals surface area contributed by atoms with Gasteiger partial charge in [0.25, 0.3) is 0 Å². The zero-order valence-electron chi connectivity index (χ0n) is 10.9. The number of Topliss-reactive ketones (excluding diaryl/α,β-unsaturated/α-hetero) is 1. The third-order valence-corrected chi connectivity index (χ3v) is 3.76. The van der Waals surface area contributed by atoms with Gasteiger partial charge in [-0.1, -0.05) is 0 Å². The first-order valence-electron chi connectivity index (χ1n) is 6.39. The monoisotopic (exact) mass is 263 g/mol. The molecule has 0 unspecified atom stereocenters. The Kier molecular flexibility index (Phi) is 2.95. The van der Waals surface area contributed by atoms with E-state index < -0.39 is 5.41 Å². The van der Waals surface area contributed by atoms with Crippen molar-refractivity contribution in [2.75, 3.05) is 33.0 Å². The number of nitrogens with two attached hydrogens (primary N) is 1. The summed E-state index contributed by atoms with van der Waals surface area (Å²) in [6, 6.07) is 3.62. The van der Waals surface area contributed by atoms with Gasteiger partial charge in [-0.25, -0.2) is 0 Å². The number of ether oxygens (including phenoxy) is 3. The fraction of sp³-hybridized carbons (Fsp3) is 0.500. The lowest BCUT2D eigenvalue weighted by Gasteiger charge is -2.39.